The molecular weight excluding hydrogens is 1460 g/mol. The van der Waals surface area contributed by atoms with Gasteiger partial charge in [-0.2, -0.15) is 0 Å². The highest BCUT2D eigenvalue weighted by Crippen LogP contribution is 2.41. The summed E-state index contributed by atoms with van der Waals surface area (Å²) in [4.78, 5) is 45.9. The summed E-state index contributed by atoms with van der Waals surface area (Å²) in [6, 6.07) is 16.7. The highest BCUT2D eigenvalue weighted by atomic mass is 16.6. The second-order valence-corrected chi connectivity index (χ2v) is 23.4. The molecule has 2 aliphatic rings. The summed E-state index contributed by atoms with van der Waals surface area (Å²) in [5, 5.41) is 30.7. The van der Waals surface area contributed by atoms with Crippen molar-refractivity contribution in [3.63, 3.8) is 0 Å². The summed E-state index contributed by atoms with van der Waals surface area (Å²) >= 11 is 0. The Labute approximate surface area is 651 Å². The first-order valence-corrected chi connectivity index (χ1v) is 37.7. The summed E-state index contributed by atoms with van der Waals surface area (Å²) in [7, 11) is 1.64. The lowest BCUT2D eigenvalue weighted by Crippen LogP contribution is -2.47. The van der Waals surface area contributed by atoms with Crippen LogP contribution in [-0.2, 0) is 128 Å². The molecule has 1 aliphatic heterocycles. The quantitative estimate of drug-likeness (QED) is 0.0208. The molecule has 1 atom stereocenters. The molecule has 35 nitrogen and oxygen atoms in total. The Morgan fingerprint density at radius 3 is 1.00 bits per heavy atom. The van der Waals surface area contributed by atoms with Crippen molar-refractivity contribution >= 4 is 40.4 Å². The number of rotatable bonds is 79. The van der Waals surface area contributed by atoms with Crippen LogP contribution >= 0.6 is 0 Å². The molecule has 2 aromatic rings. The fraction of sp³-hybridized carbons (Fsp3) is 0.697. The van der Waals surface area contributed by atoms with Crippen molar-refractivity contribution in [2.24, 2.45) is 0 Å². The maximum absolute atomic E-state index is 12.2. The Balaban J connectivity index is 0.00000105. The van der Waals surface area contributed by atoms with E-state index in [1.54, 1.807) is 49.6 Å². The van der Waals surface area contributed by atoms with Crippen LogP contribution in [0.2, 0.25) is 0 Å². The van der Waals surface area contributed by atoms with E-state index in [2.05, 4.69) is 10.6 Å². The number of amides is 2. The van der Waals surface area contributed by atoms with Crippen molar-refractivity contribution < 1.29 is 153 Å². The predicted octanol–water partition coefficient (Wildman–Crippen LogP) is 1.65. The van der Waals surface area contributed by atoms with E-state index in [9.17, 15) is 24.3 Å². The highest BCUT2D eigenvalue weighted by molar-refractivity contribution is 6.07. The molecule has 2 aromatic carbocycles. The fourth-order valence-electron chi connectivity index (χ4n) is 9.34. The summed E-state index contributed by atoms with van der Waals surface area (Å²) in [6.07, 6.45) is -0.231. The first-order valence-electron chi connectivity index (χ1n) is 37.7. The number of nitrogens with two attached hydrogens (primary N) is 2. The topological polar surface area (TPSA) is 419 Å². The van der Waals surface area contributed by atoms with Gasteiger partial charge in [0.25, 0.3) is 0 Å². The first kappa shape index (κ1) is 99.0. The number of carboxylic acids is 2. The Morgan fingerprint density at radius 1 is 0.396 bits per heavy atom. The molecule has 0 saturated heterocycles. The zero-order valence-electron chi connectivity index (χ0n) is 65.1. The number of nitrogens with one attached hydrogen (secondary N) is 2. The van der Waals surface area contributed by atoms with E-state index in [4.69, 9.17) is 134 Å². The van der Waals surface area contributed by atoms with Gasteiger partial charge in [-0.15, -0.1) is 0 Å². The molecule has 0 aromatic heterocycles. The molecule has 0 bridgehead atoms. The van der Waals surface area contributed by atoms with Crippen LogP contribution in [0.25, 0.3) is 33.4 Å². The smallest absolute Gasteiger partial charge is 0.336 e. The lowest BCUT2D eigenvalue weighted by molar-refractivity contribution is -0.172. The molecule has 4 rings (SSSR count). The molecule has 8 N–H and O–H groups in total. The van der Waals surface area contributed by atoms with Gasteiger partial charge >= 0.3 is 11.9 Å². The van der Waals surface area contributed by atoms with E-state index >= 15 is 0 Å². The van der Waals surface area contributed by atoms with Gasteiger partial charge in [-0.3, -0.25) is 19.8 Å². The van der Waals surface area contributed by atoms with Crippen molar-refractivity contribution in [3.8, 4) is 22.5 Å². The average molecular weight is 1590 g/mol. The first-order chi connectivity index (χ1) is 54.5. The number of fused-ring (bicyclic) bond motifs is 2. The third kappa shape index (κ3) is 56.7. The maximum atomic E-state index is 12.2. The number of anilines is 1. The van der Waals surface area contributed by atoms with Gasteiger partial charge < -0.3 is 145 Å². The Hall–Kier alpha value is -6.15. The van der Waals surface area contributed by atoms with Crippen molar-refractivity contribution in [2.75, 3.05) is 330 Å². The Kier molecular flexibility index (Phi) is 64.9. The van der Waals surface area contributed by atoms with Crippen LogP contribution in [0.1, 0.15) is 30.1 Å². The molecule has 1 aliphatic carbocycles. The largest absolute Gasteiger partial charge is 0.481 e. The van der Waals surface area contributed by atoms with Crippen LogP contribution in [0.3, 0.4) is 0 Å². The number of ether oxygens (including phenoxy) is 24. The van der Waals surface area contributed by atoms with E-state index in [1.807, 2.05) is 18.2 Å². The van der Waals surface area contributed by atoms with Crippen LogP contribution in [0, 0.1) is 0 Å². The number of aliphatic carboxylic acids is 1. The van der Waals surface area contributed by atoms with Crippen LogP contribution in [0.5, 0.6) is 0 Å². The number of hydrogen-bond acceptors (Lipinski definition) is 30. The number of carboxylic acid groups (broad SMARTS) is 2. The van der Waals surface area contributed by atoms with Crippen LogP contribution in [-0.4, -0.2) is 364 Å². The molecule has 1 unspecified atom stereocenters. The molecular formula is C76H125N4O31+. The molecule has 0 fully saturated rings. The molecule has 2 amide bonds. The number of carbonyl (C=O) groups is 4. The van der Waals surface area contributed by atoms with Crippen LogP contribution < -0.4 is 27.1 Å². The standard InChI is InChI=1S/C56H110N2O28.C20H14N2O3/c1-53(59)58-54(3-4-55(60)61)56(62)57-5-6-64-9-10-66-13-14-68-17-18-70-21-22-72-25-26-74-29-30-76-33-34-78-37-38-80-41-42-82-45-46-84-49-50-86-52-51-85-48-47-83-44-43-81-40-39-79-36-35-77-32-31-75-28-27-73-24-23-71-20-19-69-16-15-67-12-11-65-8-7-63-2;21-11-5-7-15-17(9-11)25-18-10-12(22)6-8-16(18)19(15)13-3-1-2-4-14(13)20(23)24/h54H,3-52H2,1-2H3,(H,57,62)(H,58,59)(H,60,61);1-10,21H,22H2,(H,23,24)/p+1. The Bertz CT molecular complexity index is 2900. The van der Waals surface area contributed by atoms with E-state index in [0.717, 1.165) is 16.5 Å². The average Bonchev–Trinajstić information content (AvgIpc) is 0.752. The summed E-state index contributed by atoms with van der Waals surface area (Å²) in [5.41, 5.74) is 9.46. The molecule has 1 heterocycles. The second kappa shape index (κ2) is 72.8. The van der Waals surface area contributed by atoms with Gasteiger partial charge in [0.15, 0.2) is 5.36 Å². The third-order valence-electron chi connectivity index (χ3n) is 14.7. The van der Waals surface area contributed by atoms with E-state index in [1.165, 1.54) is 6.92 Å². The number of hydrogen-bond donors (Lipinski definition) is 6. The summed E-state index contributed by atoms with van der Waals surface area (Å²) < 4.78 is 137. The molecule has 634 valence electrons. The fourth-order valence-corrected chi connectivity index (χ4v) is 9.34. The number of benzene rings is 3. The van der Waals surface area contributed by atoms with Gasteiger partial charge in [0.2, 0.25) is 11.8 Å². The van der Waals surface area contributed by atoms with Crippen molar-refractivity contribution in [1.82, 2.24) is 10.6 Å². The molecule has 35 heteroatoms. The SMILES string of the molecule is COCCOCCOCCOCCOCCOCCOCCOCCOCCOCCOCCOCCOCCOCCOCCOCCOCCOCCOCCOCCOCCOCCOCCOCCNC(=O)C(CCC(=O)O)NC(C)=O.Nc1ccc2c(-c3ccccc3C(=O)O)c3ccc(=[NH2+])cc-3oc2c1. The van der Waals surface area contributed by atoms with Crippen molar-refractivity contribution in [1.29, 1.82) is 0 Å². The van der Waals surface area contributed by atoms with Gasteiger partial charge in [-0.25, -0.2) is 4.79 Å². The minimum Gasteiger partial charge on any atom is -0.481 e. The van der Waals surface area contributed by atoms with Crippen LogP contribution in [0.15, 0.2) is 65.1 Å². The maximum Gasteiger partial charge on any atom is 0.336 e. The number of carbonyl (C=O) groups excluding carboxylic acids is 2. The number of nitrogen functional groups attached to an aromatic ring is 1. The minimum absolute atomic E-state index is 0.00190. The Morgan fingerprint density at radius 2 is 0.703 bits per heavy atom. The van der Waals surface area contributed by atoms with Crippen molar-refractivity contribution in [2.45, 2.75) is 25.8 Å². The summed E-state index contributed by atoms with van der Waals surface area (Å²) in [6.45, 7) is 23.6. The minimum atomic E-state index is -1.05. The third-order valence-corrected chi connectivity index (χ3v) is 14.7. The van der Waals surface area contributed by atoms with Gasteiger partial charge in [-0.05, 0) is 36.2 Å². The van der Waals surface area contributed by atoms with Gasteiger partial charge in [0.05, 0.1) is 322 Å². The molecule has 0 saturated carbocycles. The van der Waals surface area contributed by atoms with Crippen molar-refractivity contribution in [3.05, 3.63) is 71.6 Å². The van der Waals surface area contributed by atoms with E-state index in [-0.39, 0.29) is 31.6 Å². The van der Waals surface area contributed by atoms with E-state index in [0.29, 0.717) is 332 Å². The highest BCUT2D eigenvalue weighted by Gasteiger charge is 2.23. The molecule has 0 spiro atoms. The molecule has 111 heavy (non-hydrogen) atoms. The monoisotopic (exact) mass is 1590 g/mol. The second-order valence-electron chi connectivity index (χ2n) is 23.4. The lowest BCUT2D eigenvalue weighted by atomic mass is 9.91. The zero-order chi connectivity index (χ0) is 79.6. The van der Waals surface area contributed by atoms with Crippen LogP contribution in [0.4, 0.5) is 5.69 Å². The normalized spacial score (nSPS) is 11.7. The van der Waals surface area contributed by atoms with Gasteiger partial charge in [0, 0.05) is 61.3 Å². The van der Waals surface area contributed by atoms with E-state index < -0.39 is 29.8 Å². The number of methoxy groups -OCH3 is 1. The van der Waals surface area contributed by atoms with Gasteiger partial charge in [-0.1, -0.05) is 18.2 Å². The lowest BCUT2D eigenvalue weighted by Gasteiger charge is -2.16. The predicted molar refractivity (Wildman–Crippen MR) is 403 cm³/mol. The zero-order valence-corrected chi connectivity index (χ0v) is 65.1. The molecule has 0 radical (unpaired) electrons. The van der Waals surface area contributed by atoms with Gasteiger partial charge in [0.1, 0.15) is 17.4 Å². The number of aromatic carboxylic acids is 1. The summed E-state index contributed by atoms with van der Waals surface area (Å²) in [5.74, 6) is -2.32.